The number of aromatic nitrogens is 2. The first-order valence-corrected chi connectivity index (χ1v) is 11.2. The lowest BCUT2D eigenvalue weighted by atomic mass is 9.94. The molecule has 0 bridgehead atoms. The van der Waals surface area contributed by atoms with Gasteiger partial charge in [-0.1, -0.05) is 59.8 Å². The standard InChI is InChI=1S/C27H24F3N3O3/c1-15-6-4-5-7-21(15)22-13-12-20(14-23(22)27(28,29)30)25-32-24(33-36-25)19-10-8-18(9-11-19)16(2)31-17(3)26(34)35/h4-14,16-17,31H,1-3H3,(H,34,35)/t16-,17-/m0/s1. The topological polar surface area (TPSA) is 88.2 Å². The summed E-state index contributed by atoms with van der Waals surface area (Å²) in [7, 11) is 0. The van der Waals surface area contributed by atoms with E-state index < -0.39 is 23.8 Å². The summed E-state index contributed by atoms with van der Waals surface area (Å²) in [6.07, 6.45) is -4.57. The number of nitrogens with zero attached hydrogens (tertiary/aromatic N) is 2. The molecule has 2 atom stereocenters. The average molecular weight is 496 g/mol. The van der Waals surface area contributed by atoms with Crippen molar-refractivity contribution in [3.05, 3.63) is 83.4 Å². The predicted octanol–water partition coefficient (Wildman–Crippen LogP) is 6.52. The number of carboxylic acids is 1. The van der Waals surface area contributed by atoms with Crippen LogP contribution in [-0.4, -0.2) is 27.3 Å². The molecule has 9 heteroatoms. The third-order valence-corrected chi connectivity index (χ3v) is 5.97. The van der Waals surface area contributed by atoms with E-state index in [0.29, 0.717) is 11.1 Å². The van der Waals surface area contributed by atoms with Crippen LogP contribution in [0.15, 0.2) is 71.3 Å². The Hall–Kier alpha value is -3.98. The molecule has 0 aliphatic heterocycles. The van der Waals surface area contributed by atoms with Crippen LogP contribution < -0.4 is 5.32 Å². The summed E-state index contributed by atoms with van der Waals surface area (Å²) in [5.74, 6) is -0.743. The molecule has 186 valence electrons. The molecule has 6 nitrogen and oxygen atoms in total. The highest BCUT2D eigenvalue weighted by molar-refractivity contribution is 5.75. The Morgan fingerprint density at radius 1 is 0.972 bits per heavy atom. The molecule has 0 unspecified atom stereocenters. The fourth-order valence-corrected chi connectivity index (χ4v) is 3.94. The van der Waals surface area contributed by atoms with Gasteiger partial charge in [0.1, 0.15) is 6.04 Å². The van der Waals surface area contributed by atoms with E-state index in [9.17, 15) is 18.0 Å². The molecule has 0 saturated heterocycles. The van der Waals surface area contributed by atoms with Crippen LogP contribution in [0.5, 0.6) is 0 Å². The van der Waals surface area contributed by atoms with Gasteiger partial charge in [0, 0.05) is 17.2 Å². The Morgan fingerprint density at radius 2 is 1.64 bits per heavy atom. The molecule has 0 radical (unpaired) electrons. The van der Waals surface area contributed by atoms with Crippen molar-refractivity contribution >= 4 is 5.97 Å². The minimum atomic E-state index is -4.57. The number of hydrogen-bond acceptors (Lipinski definition) is 5. The van der Waals surface area contributed by atoms with E-state index in [2.05, 4.69) is 15.5 Å². The molecule has 0 fully saturated rings. The van der Waals surface area contributed by atoms with Gasteiger partial charge < -0.3 is 9.63 Å². The highest BCUT2D eigenvalue weighted by Crippen LogP contribution is 2.40. The lowest BCUT2D eigenvalue weighted by Gasteiger charge is -2.17. The quantitative estimate of drug-likeness (QED) is 0.303. The number of hydrogen-bond donors (Lipinski definition) is 2. The van der Waals surface area contributed by atoms with Gasteiger partial charge in [0.2, 0.25) is 5.82 Å². The minimum Gasteiger partial charge on any atom is -0.480 e. The Morgan fingerprint density at radius 3 is 2.28 bits per heavy atom. The highest BCUT2D eigenvalue weighted by atomic mass is 19.4. The van der Waals surface area contributed by atoms with Crippen LogP contribution in [-0.2, 0) is 11.0 Å². The van der Waals surface area contributed by atoms with E-state index in [1.807, 2.05) is 6.92 Å². The second kappa shape index (κ2) is 9.94. The maximum atomic E-state index is 14.0. The van der Waals surface area contributed by atoms with Gasteiger partial charge >= 0.3 is 12.1 Å². The van der Waals surface area contributed by atoms with Crippen LogP contribution in [0.3, 0.4) is 0 Å². The van der Waals surface area contributed by atoms with Crippen molar-refractivity contribution in [2.75, 3.05) is 0 Å². The van der Waals surface area contributed by atoms with Crippen molar-refractivity contribution < 1.29 is 27.6 Å². The van der Waals surface area contributed by atoms with Gasteiger partial charge in [-0.15, -0.1) is 0 Å². The first-order chi connectivity index (χ1) is 17.0. The molecular formula is C27H24F3N3O3. The molecule has 0 amide bonds. The zero-order chi connectivity index (χ0) is 26.0. The summed E-state index contributed by atoms with van der Waals surface area (Å²) in [5.41, 5.74) is 2.17. The normalized spacial score (nSPS) is 13.4. The van der Waals surface area contributed by atoms with Gasteiger partial charge in [0.25, 0.3) is 5.89 Å². The van der Waals surface area contributed by atoms with E-state index in [4.69, 9.17) is 9.63 Å². The summed E-state index contributed by atoms with van der Waals surface area (Å²) in [4.78, 5) is 15.4. The number of alkyl halides is 3. The predicted molar refractivity (Wildman–Crippen MR) is 129 cm³/mol. The maximum Gasteiger partial charge on any atom is 0.417 e. The molecule has 0 spiro atoms. The largest absolute Gasteiger partial charge is 0.480 e. The van der Waals surface area contributed by atoms with Crippen LogP contribution in [0, 0.1) is 6.92 Å². The monoisotopic (exact) mass is 495 g/mol. The lowest BCUT2D eigenvalue weighted by molar-refractivity contribution is -0.139. The molecule has 0 aliphatic carbocycles. The first-order valence-electron chi connectivity index (χ1n) is 11.2. The molecule has 3 aromatic carbocycles. The Labute approximate surface area is 205 Å². The maximum absolute atomic E-state index is 14.0. The molecule has 0 aliphatic rings. The van der Waals surface area contributed by atoms with Crippen molar-refractivity contribution in [1.29, 1.82) is 0 Å². The van der Waals surface area contributed by atoms with E-state index in [-0.39, 0.29) is 28.9 Å². The number of nitrogens with one attached hydrogen (secondary N) is 1. The van der Waals surface area contributed by atoms with Crippen LogP contribution in [0.2, 0.25) is 0 Å². The smallest absolute Gasteiger partial charge is 0.417 e. The van der Waals surface area contributed by atoms with Crippen LogP contribution in [0.25, 0.3) is 34.0 Å². The Kier molecular flexibility index (Phi) is 6.94. The average Bonchev–Trinajstić information content (AvgIpc) is 3.34. The van der Waals surface area contributed by atoms with Crippen molar-refractivity contribution in [1.82, 2.24) is 15.5 Å². The summed E-state index contributed by atoms with van der Waals surface area (Å²) in [6, 6.07) is 17.1. The summed E-state index contributed by atoms with van der Waals surface area (Å²) in [5, 5.41) is 16.0. The third-order valence-electron chi connectivity index (χ3n) is 5.97. The van der Waals surface area contributed by atoms with Gasteiger partial charge in [-0.2, -0.15) is 18.2 Å². The lowest BCUT2D eigenvalue weighted by Crippen LogP contribution is -2.35. The zero-order valence-corrected chi connectivity index (χ0v) is 19.8. The van der Waals surface area contributed by atoms with E-state index in [0.717, 1.165) is 17.2 Å². The number of rotatable bonds is 7. The fraction of sp³-hybridized carbons (Fsp3) is 0.222. The number of carboxylic acid groups (broad SMARTS) is 1. The molecule has 4 aromatic rings. The zero-order valence-electron chi connectivity index (χ0n) is 19.8. The molecule has 0 saturated carbocycles. The molecule has 1 aromatic heterocycles. The van der Waals surface area contributed by atoms with Crippen LogP contribution >= 0.6 is 0 Å². The van der Waals surface area contributed by atoms with E-state index in [1.54, 1.807) is 62.4 Å². The summed E-state index contributed by atoms with van der Waals surface area (Å²) in [6.45, 7) is 5.17. The van der Waals surface area contributed by atoms with E-state index in [1.165, 1.54) is 12.1 Å². The van der Waals surface area contributed by atoms with Gasteiger partial charge in [0.15, 0.2) is 0 Å². The molecule has 1 heterocycles. The number of benzene rings is 3. The van der Waals surface area contributed by atoms with Crippen molar-refractivity contribution in [3.63, 3.8) is 0 Å². The summed E-state index contributed by atoms with van der Waals surface area (Å²) < 4.78 is 47.2. The van der Waals surface area contributed by atoms with E-state index >= 15 is 0 Å². The van der Waals surface area contributed by atoms with Crippen LogP contribution in [0.4, 0.5) is 13.2 Å². The SMILES string of the molecule is Cc1ccccc1-c1ccc(-c2nc(-c3ccc([C@H](C)N[C@@H](C)C(=O)O)cc3)no2)cc1C(F)(F)F. The number of aliphatic carboxylic acids is 1. The summed E-state index contributed by atoms with van der Waals surface area (Å²) >= 11 is 0. The fourth-order valence-electron chi connectivity index (χ4n) is 3.94. The molecule has 4 rings (SSSR count). The van der Waals surface area contributed by atoms with Crippen molar-refractivity contribution in [2.45, 2.75) is 39.0 Å². The Balaban J connectivity index is 1.61. The first kappa shape index (κ1) is 25.1. The second-order valence-corrected chi connectivity index (χ2v) is 8.57. The van der Waals surface area contributed by atoms with Crippen LogP contribution in [0.1, 0.15) is 36.6 Å². The molecule has 36 heavy (non-hydrogen) atoms. The molecule has 2 N–H and O–H groups in total. The minimum absolute atomic E-state index is 0.0266. The van der Waals surface area contributed by atoms with Gasteiger partial charge in [-0.05, 0) is 55.2 Å². The van der Waals surface area contributed by atoms with Gasteiger partial charge in [0.05, 0.1) is 5.56 Å². The van der Waals surface area contributed by atoms with Gasteiger partial charge in [-0.3, -0.25) is 10.1 Å². The number of halogens is 3. The van der Waals surface area contributed by atoms with Gasteiger partial charge in [-0.25, -0.2) is 0 Å². The molecular weight excluding hydrogens is 471 g/mol. The number of aryl methyl sites for hydroxylation is 1. The Bertz CT molecular complexity index is 1380. The number of carbonyl (C=O) groups is 1. The third kappa shape index (κ3) is 5.31. The van der Waals surface area contributed by atoms with Crippen molar-refractivity contribution in [3.8, 4) is 34.0 Å². The van der Waals surface area contributed by atoms with Crippen molar-refractivity contribution in [2.24, 2.45) is 0 Å². The highest BCUT2D eigenvalue weighted by Gasteiger charge is 2.34. The second-order valence-electron chi connectivity index (χ2n) is 8.57.